The largest absolute Gasteiger partial charge is 0.368 e. The highest BCUT2D eigenvalue weighted by molar-refractivity contribution is 6.33. The molecule has 0 saturated heterocycles. The third-order valence-electron chi connectivity index (χ3n) is 4.86. The predicted molar refractivity (Wildman–Crippen MR) is 133 cm³/mol. The van der Waals surface area contributed by atoms with Gasteiger partial charge in [-0.05, 0) is 35.9 Å². The van der Waals surface area contributed by atoms with Gasteiger partial charge in [0.05, 0.1) is 17.1 Å². The highest BCUT2D eigenvalue weighted by atomic mass is 35.5. The maximum atomic E-state index is 12.1. The molecular formula is C25H22Cl2N4O2. The molecule has 0 atom stereocenters. The van der Waals surface area contributed by atoms with Gasteiger partial charge in [-0.3, -0.25) is 4.79 Å². The van der Waals surface area contributed by atoms with Crippen molar-refractivity contribution in [1.29, 1.82) is 0 Å². The van der Waals surface area contributed by atoms with E-state index < -0.39 is 0 Å². The number of anilines is 1. The van der Waals surface area contributed by atoms with Gasteiger partial charge in [-0.25, -0.2) is 9.97 Å². The summed E-state index contributed by atoms with van der Waals surface area (Å²) in [6.45, 7) is 1.28. The molecule has 1 heterocycles. The molecule has 0 aliphatic carbocycles. The van der Waals surface area contributed by atoms with E-state index in [1.54, 1.807) is 18.2 Å². The van der Waals surface area contributed by atoms with Gasteiger partial charge in [-0.2, -0.15) is 0 Å². The molecule has 0 saturated carbocycles. The van der Waals surface area contributed by atoms with Crippen molar-refractivity contribution in [1.82, 2.24) is 15.3 Å². The summed E-state index contributed by atoms with van der Waals surface area (Å²) in [7, 11) is 0. The number of benzene rings is 3. The number of amides is 1. The Bertz CT molecular complexity index is 1250. The molecule has 33 heavy (non-hydrogen) atoms. The first-order valence-electron chi connectivity index (χ1n) is 10.4. The van der Waals surface area contributed by atoms with Crippen LogP contribution in [-0.4, -0.2) is 35.6 Å². The lowest BCUT2D eigenvalue weighted by Crippen LogP contribution is -2.31. The number of halogens is 2. The van der Waals surface area contributed by atoms with Crippen LogP contribution in [0.4, 0.5) is 5.82 Å². The van der Waals surface area contributed by atoms with Crippen LogP contribution in [0.2, 0.25) is 10.0 Å². The Labute approximate surface area is 201 Å². The highest BCUT2D eigenvalue weighted by Crippen LogP contribution is 2.30. The molecule has 1 aromatic heterocycles. The summed E-state index contributed by atoms with van der Waals surface area (Å²) in [6, 6.07) is 22.6. The molecule has 0 spiro atoms. The average Bonchev–Trinajstić information content (AvgIpc) is 2.82. The Balaban J connectivity index is 1.37. The van der Waals surface area contributed by atoms with Crippen LogP contribution in [0.15, 0.2) is 72.8 Å². The maximum Gasteiger partial charge on any atom is 0.246 e. The molecule has 0 aliphatic heterocycles. The molecular weight excluding hydrogens is 459 g/mol. The average molecular weight is 481 g/mol. The monoisotopic (exact) mass is 480 g/mol. The molecule has 4 aromatic rings. The number of nitrogens with zero attached hydrogens (tertiary/aromatic N) is 2. The Kier molecular flexibility index (Phi) is 7.73. The molecule has 0 unspecified atom stereocenters. The second kappa shape index (κ2) is 11.1. The minimum absolute atomic E-state index is 0.000482. The molecule has 0 aliphatic rings. The maximum absolute atomic E-state index is 12.1. The third kappa shape index (κ3) is 6.20. The first kappa shape index (κ1) is 23.0. The van der Waals surface area contributed by atoms with E-state index in [0.29, 0.717) is 46.9 Å². The van der Waals surface area contributed by atoms with Gasteiger partial charge in [-0.15, -0.1) is 0 Å². The summed E-state index contributed by atoms with van der Waals surface area (Å²) in [5.74, 6) is 0.959. The smallest absolute Gasteiger partial charge is 0.246 e. The van der Waals surface area contributed by atoms with E-state index in [0.717, 1.165) is 16.5 Å². The Morgan fingerprint density at radius 3 is 2.52 bits per heavy atom. The zero-order valence-corrected chi connectivity index (χ0v) is 19.2. The van der Waals surface area contributed by atoms with E-state index in [1.165, 1.54) is 0 Å². The number of carbonyl (C=O) groups is 1. The first-order valence-corrected chi connectivity index (χ1v) is 11.2. The lowest BCUT2D eigenvalue weighted by molar-refractivity contribution is -0.126. The number of ether oxygens (including phenoxy) is 1. The van der Waals surface area contributed by atoms with Crippen molar-refractivity contribution in [3.8, 4) is 11.4 Å². The summed E-state index contributed by atoms with van der Waals surface area (Å²) < 4.78 is 5.46. The summed E-state index contributed by atoms with van der Waals surface area (Å²) >= 11 is 12.5. The first-order chi connectivity index (χ1) is 16.1. The summed E-state index contributed by atoms with van der Waals surface area (Å²) in [5, 5.41) is 8.09. The van der Waals surface area contributed by atoms with Gasteiger partial charge >= 0.3 is 0 Å². The van der Waals surface area contributed by atoms with Gasteiger partial charge in [0.1, 0.15) is 12.4 Å². The van der Waals surface area contributed by atoms with E-state index >= 15 is 0 Å². The van der Waals surface area contributed by atoms with Crippen LogP contribution in [0.1, 0.15) is 5.56 Å². The minimum atomic E-state index is -0.177. The third-order valence-corrected chi connectivity index (χ3v) is 5.42. The topological polar surface area (TPSA) is 76.1 Å². The van der Waals surface area contributed by atoms with E-state index in [2.05, 4.69) is 20.6 Å². The van der Waals surface area contributed by atoms with Crippen LogP contribution in [-0.2, 0) is 16.1 Å². The molecule has 0 bridgehead atoms. The van der Waals surface area contributed by atoms with Crippen molar-refractivity contribution in [2.75, 3.05) is 25.0 Å². The molecule has 0 radical (unpaired) electrons. The van der Waals surface area contributed by atoms with Crippen molar-refractivity contribution in [2.24, 2.45) is 0 Å². The Morgan fingerprint density at radius 1 is 0.909 bits per heavy atom. The van der Waals surface area contributed by atoms with Gasteiger partial charge in [0.15, 0.2) is 5.82 Å². The molecule has 3 aromatic carbocycles. The fraction of sp³-hybridized carbons (Fsp3) is 0.160. The zero-order chi connectivity index (χ0) is 23.0. The second-order valence-corrected chi connectivity index (χ2v) is 8.14. The van der Waals surface area contributed by atoms with Crippen molar-refractivity contribution in [3.05, 3.63) is 88.4 Å². The minimum Gasteiger partial charge on any atom is -0.368 e. The normalized spacial score (nSPS) is 10.8. The predicted octanol–water partition coefficient (Wildman–Crippen LogP) is 5.35. The number of hydrogen-bond acceptors (Lipinski definition) is 5. The Hall–Kier alpha value is -3.19. The number of hydrogen-bond donors (Lipinski definition) is 2. The van der Waals surface area contributed by atoms with Crippen LogP contribution >= 0.6 is 23.2 Å². The van der Waals surface area contributed by atoms with Crippen molar-refractivity contribution in [3.63, 3.8) is 0 Å². The molecule has 4 rings (SSSR count). The quantitative estimate of drug-likeness (QED) is 0.316. The molecule has 2 N–H and O–H groups in total. The lowest BCUT2D eigenvalue weighted by Gasteiger charge is -2.12. The van der Waals surface area contributed by atoms with Gasteiger partial charge < -0.3 is 15.4 Å². The molecule has 6 nitrogen and oxygen atoms in total. The fourth-order valence-corrected chi connectivity index (χ4v) is 3.66. The number of carbonyl (C=O) groups excluding carboxylic acids is 1. The van der Waals surface area contributed by atoms with Crippen molar-refractivity contribution >= 4 is 45.8 Å². The molecule has 1 amide bonds. The van der Waals surface area contributed by atoms with Crippen LogP contribution < -0.4 is 10.6 Å². The van der Waals surface area contributed by atoms with Crippen LogP contribution in [0.25, 0.3) is 22.3 Å². The van der Waals surface area contributed by atoms with Crippen LogP contribution in [0, 0.1) is 0 Å². The van der Waals surface area contributed by atoms with E-state index in [9.17, 15) is 4.79 Å². The van der Waals surface area contributed by atoms with Crippen LogP contribution in [0.3, 0.4) is 0 Å². The van der Waals surface area contributed by atoms with E-state index in [-0.39, 0.29) is 12.5 Å². The van der Waals surface area contributed by atoms with Gasteiger partial charge in [0, 0.05) is 29.1 Å². The highest BCUT2D eigenvalue weighted by Gasteiger charge is 2.12. The summed E-state index contributed by atoms with van der Waals surface area (Å²) in [4.78, 5) is 21.4. The van der Waals surface area contributed by atoms with E-state index in [1.807, 2.05) is 54.6 Å². The van der Waals surface area contributed by atoms with Crippen LogP contribution in [0.5, 0.6) is 0 Å². The molecule has 8 heteroatoms. The summed E-state index contributed by atoms with van der Waals surface area (Å²) in [6.07, 6.45) is 0. The SMILES string of the molecule is O=C(COCc1ccccc1)NCCNc1nc(-c2ccccc2Cl)nc2cc(Cl)ccc12. The van der Waals surface area contributed by atoms with Gasteiger partial charge in [-0.1, -0.05) is 65.7 Å². The van der Waals surface area contributed by atoms with Gasteiger partial charge in [0.2, 0.25) is 5.91 Å². The van der Waals surface area contributed by atoms with Crippen molar-refractivity contribution in [2.45, 2.75) is 6.61 Å². The number of fused-ring (bicyclic) bond motifs is 1. The zero-order valence-electron chi connectivity index (χ0n) is 17.7. The van der Waals surface area contributed by atoms with Crippen molar-refractivity contribution < 1.29 is 9.53 Å². The fourth-order valence-electron chi connectivity index (χ4n) is 3.27. The lowest BCUT2D eigenvalue weighted by atomic mass is 10.2. The second-order valence-electron chi connectivity index (χ2n) is 7.29. The Morgan fingerprint density at radius 2 is 1.70 bits per heavy atom. The molecule has 0 fully saturated rings. The number of rotatable bonds is 9. The molecule has 168 valence electrons. The summed E-state index contributed by atoms with van der Waals surface area (Å²) in [5.41, 5.74) is 2.46. The van der Waals surface area contributed by atoms with Gasteiger partial charge in [0.25, 0.3) is 0 Å². The van der Waals surface area contributed by atoms with E-state index in [4.69, 9.17) is 27.9 Å². The number of aromatic nitrogens is 2. The number of nitrogens with one attached hydrogen (secondary N) is 2. The standard InChI is InChI=1S/C25H22Cl2N4O2/c26-18-10-11-20-22(14-18)30-25(19-8-4-5-9-21(19)27)31-24(20)29-13-12-28-23(32)16-33-15-17-6-2-1-3-7-17/h1-11,14H,12-13,15-16H2,(H,28,32)(H,29,30,31).